The molecular formula is C24H20O. The van der Waals surface area contributed by atoms with Crippen molar-refractivity contribution in [2.75, 3.05) is 6.61 Å². The summed E-state index contributed by atoms with van der Waals surface area (Å²) in [5.74, 6) is 6.81. The molecule has 122 valence electrons. The Balaban J connectivity index is 1.91. The summed E-state index contributed by atoms with van der Waals surface area (Å²) in [7, 11) is 0. The first-order valence-corrected chi connectivity index (χ1v) is 8.66. The van der Waals surface area contributed by atoms with Crippen LogP contribution in [0.5, 0.6) is 0 Å². The lowest BCUT2D eigenvalue weighted by Gasteiger charge is -2.35. The Bertz CT molecular complexity index is 929. The van der Waals surface area contributed by atoms with Crippen LogP contribution in [0.2, 0.25) is 0 Å². The van der Waals surface area contributed by atoms with Crippen molar-refractivity contribution in [2.45, 2.75) is 18.9 Å². The minimum Gasteiger partial charge on any atom is -0.353 e. The van der Waals surface area contributed by atoms with Gasteiger partial charge in [-0.2, -0.15) is 0 Å². The molecule has 1 heterocycles. The molecule has 1 nitrogen and oxygen atoms in total. The normalized spacial score (nSPS) is 18.8. The van der Waals surface area contributed by atoms with Gasteiger partial charge in [0.25, 0.3) is 0 Å². The molecule has 1 aliphatic heterocycles. The van der Waals surface area contributed by atoms with E-state index >= 15 is 0 Å². The third kappa shape index (κ3) is 2.97. The van der Waals surface area contributed by atoms with Gasteiger partial charge in [0.1, 0.15) is 0 Å². The van der Waals surface area contributed by atoms with Gasteiger partial charge in [0, 0.05) is 16.7 Å². The summed E-state index contributed by atoms with van der Waals surface area (Å²) >= 11 is 0. The zero-order valence-corrected chi connectivity index (χ0v) is 14.3. The van der Waals surface area contributed by atoms with E-state index in [0.717, 1.165) is 23.1 Å². The lowest BCUT2D eigenvalue weighted by molar-refractivity contribution is 0.0161. The third-order valence-electron chi connectivity index (χ3n) is 4.70. The average Bonchev–Trinajstić information content (AvgIpc) is 2.68. The molecule has 4 rings (SSSR count). The van der Waals surface area contributed by atoms with Crippen molar-refractivity contribution in [2.24, 2.45) is 0 Å². The molecule has 3 aromatic carbocycles. The van der Waals surface area contributed by atoms with Crippen molar-refractivity contribution in [3.8, 4) is 11.8 Å². The fraction of sp³-hybridized carbons (Fsp3) is 0.167. The molecule has 0 aliphatic carbocycles. The molecule has 0 saturated heterocycles. The smallest absolute Gasteiger partial charge is 0.180 e. The van der Waals surface area contributed by atoms with Crippen molar-refractivity contribution in [3.05, 3.63) is 107 Å². The molecule has 0 bridgehead atoms. The maximum Gasteiger partial charge on any atom is 0.180 e. The van der Waals surface area contributed by atoms with Crippen molar-refractivity contribution in [1.82, 2.24) is 0 Å². The van der Waals surface area contributed by atoms with Gasteiger partial charge < -0.3 is 4.74 Å². The van der Waals surface area contributed by atoms with Crippen LogP contribution < -0.4 is 0 Å². The number of rotatable bonds is 1. The van der Waals surface area contributed by atoms with Crippen LogP contribution in [-0.4, -0.2) is 6.61 Å². The Kier molecular flexibility index (Phi) is 4.14. The molecule has 0 aromatic heterocycles. The van der Waals surface area contributed by atoms with Gasteiger partial charge in [-0.15, -0.1) is 0 Å². The van der Waals surface area contributed by atoms with Crippen molar-refractivity contribution in [3.63, 3.8) is 0 Å². The van der Waals surface area contributed by atoms with Crippen molar-refractivity contribution >= 4 is 0 Å². The summed E-state index contributed by atoms with van der Waals surface area (Å²) in [6.45, 7) is 2.77. The predicted molar refractivity (Wildman–Crippen MR) is 101 cm³/mol. The number of hydrogen-bond donors (Lipinski definition) is 0. The van der Waals surface area contributed by atoms with Crippen LogP contribution in [0.15, 0.2) is 78.9 Å². The molecule has 1 aliphatic rings. The van der Waals surface area contributed by atoms with E-state index < -0.39 is 5.60 Å². The van der Waals surface area contributed by atoms with Crippen molar-refractivity contribution < 1.29 is 4.74 Å². The van der Waals surface area contributed by atoms with E-state index in [1.54, 1.807) is 0 Å². The summed E-state index contributed by atoms with van der Waals surface area (Å²) < 4.78 is 6.37. The molecular weight excluding hydrogens is 304 g/mol. The van der Waals surface area contributed by atoms with E-state index in [9.17, 15) is 0 Å². The summed E-state index contributed by atoms with van der Waals surface area (Å²) in [4.78, 5) is 0. The van der Waals surface area contributed by atoms with Crippen LogP contribution in [-0.2, 0) is 16.8 Å². The van der Waals surface area contributed by atoms with Crippen LogP contribution in [0.25, 0.3) is 0 Å². The summed E-state index contributed by atoms with van der Waals surface area (Å²) in [6.07, 6.45) is 0.927. The lowest BCUT2D eigenvalue weighted by atomic mass is 9.81. The first kappa shape index (κ1) is 15.7. The number of hydrogen-bond acceptors (Lipinski definition) is 1. The Hall–Kier alpha value is -2.82. The Morgan fingerprint density at radius 2 is 1.56 bits per heavy atom. The first-order chi connectivity index (χ1) is 12.3. The summed E-state index contributed by atoms with van der Waals surface area (Å²) in [5.41, 5.74) is 5.09. The summed E-state index contributed by atoms with van der Waals surface area (Å²) in [6, 6.07) is 27.1. The minimum absolute atomic E-state index is 0.675. The Morgan fingerprint density at radius 3 is 2.36 bits per heavy atom. The lowest BCUT2D eigenvalue weighted by Crippen LogP contribution is -2.35. The SMILES string of the molecule is Cc1ccc([C@@]2(C#Cc3ccccc3)OCCc3ccccc32)cc1. The monoisotopic (exact) mass is 324 g/mol. The highest BCUT2D eigenvalue weighted by molar-refractivity contribution is 5.52. The van der Waals surface area contributed by atoms with Crippen LogP contribution >= 0.6 is 0 Å². The highest BCUT2D eigenvalue weighted by atomic mass is 16.5. The highest BCUT2D eigenvalue weighted by Crippen LogP contribution is 2.38. The first-order valence-electron chi connectivity index (χ1n) is 8.66. The minimum atomic E-state index is -0.710. The van der Waals surface area contributed by atoms with Gasteiger partial charge in [-0.25, -0.2) is 0 Å². The van der Waals surface area contributed by atoms with Gasteiger partial charge in [0.2, 0.25) is 0 Å². The van der Waals surface area contributed by atoms with E-state index in [2.05, 4.69) is 67.3 Å². The van der Waals surface area contributed by atoms with Gasteiger partial charge in [-0.05, 0) is 31.0 Å². The van der Waals surface area contributed by atoms with Gasteiger partial charge in [-0.3, -0.25) is 0 Å². The molecule has 25 heavy (non-hydrogen) atoms. The molecule has 0 spiro atoms. The second-order valence-corrected chi connectivity index (χ2v) is 6.42. The summed E-state index contributed by atoms with van der Waals surface area (Å²) in [5, 5.41) is 0. The van der Waals surface area contributed by atoms with E-state index in [1.807, 2.05) is 30.3 Å². The van der Waals surface area contributed by atoms with Crippen LogP contribution in [0.3, 0.4) is 0 Å². The van der Waals surface area contributed by atoms with Gasteiger partial charge in [-0.1, -0.05) is 84.1 Å². The molecule has 3 aromatic rings. The predicted octanol–water partition coefficient (Wildman–Crippen LogP) is 4.86. The van der Waals surface area contributed by atoms with Gasteiger partial charge in [0.05, 0.1) is 6.61 Å². The average molecular weight is 324 g/mol. The van der Waals surface area contributed by atoms with E-state index in [1.165, 1.54) is 11.1 Å². The molecule has 0 amide bonds. The van der Waals surface area contributed by atoms with Gasteiger partial charge >= 0.3 is 0 Å². The van der Waals surface area contributed by atoms with E-state index in [-0.39, 0.29) is 0 Å². The van der Waals surface area contributed by atoms with Gasteiger partial charge in [0.15, 0.2) is 5.60 Å². The second-order valence-electron chi connectivity index (χ2n) is 6.42. The standard InChI is InChI=1S/C24H20O/c1-19-11-13-22(14-12-19)24(17-15-20-7-3-2-4-8-20)23-10-6-5-9-21(23)16-18-25-24/h2-14H,16,18H2,1H3/t24-/m1/s1. The largest absolute Gasteiger partial charge is 0.353 e. The molecule has 0 N–H and O–H groups in total. The van der Waals surface area contributed by atoms with Crippen molar-refractivity contribution in [1.29, 1.82) is 0 Å². The van der Waals surface area contributed by atoms with Crippen LogP contribution in [0, 0.1) is 18.8 Å². The number of fused-ring (bicyclic) bond motifs is 1. The molecule has 0 fully saturated rings. The fourth-order valence-electron chi connectivity index (χ4n) is 3.36. The van der Waals surface area contributed by atoms with E-state index in [0.29, 0.717) is 6.61 Å². The number of aryl methyl sites for hydroxylation is 1. The fourth-order valence-corrected chi connectivity index (χ4v) is 3.36. The van der Waals surface area contributed by atoms with Crippen LogP contribution in [0.1, 0.15) is 27.8 Å². The number of benzene rings is 3. The molecule has 1 heteroatoms. The Labute approximate surface area is 149 Å². The maximum absolute atomic E-state index is 6.37. The van der Waals surface area contributed by atoms with E-state index in [4.69, 9.17) is 4.74 Å². The zero-order valence-electron chi connectivity index (χ0n) is 14.3. The quantitative estimate of drug-likeness (QED) is 0.581. The molecule has 0 unspecified atom stereocenters. The molecule has 0 saturated carbocycles. The Morgan fingerprint density at radius 1 is 0.840 bits per heavy atom. The second kappa shape index (κ2) is 6.59. The molecule has 0 radical (unpaired) electrons. The zero-order chi connectivity index (χ0) is 17.1. The number of ether oxygens (including phenoxy) is 1. The third-order valence-corrected chi connectivity index (χ3v) is 4.70. The highest BCUT2D eigenvalue weighted by Gasteiger charge is 2.38. The molecule has 1 atom stereocenters. The van der Waals surface area contributed by atoms with Crippen LogP contribution in [0.4, 0.5) is 0 Å². The topological polar surface area (TPSA) is 9.23 Å². The maximum atomic E-state index is 6.37.